The van der Waals surface area contributed by atoms with Crippen molar-refractivity contribution in [3.63, 3.8) is 0 Å². The molecule has 0 spiro atoms. The Morgan fingerprint density at radius 1 is 1.47 bits per heavy atom. The van der Waals surface area contributed by atoms with E-state index < -0.39 is 0 Å². The van der Waals surface area contributed by atoms with Crippen molar-refractivity contribution < 1.29 is 0 Å². The predicted octanol–water partition coefficient (Wildman–Crippen LogP) is -0.0359. The molecule has 0 saturated carbocycles. The molecule has 8 heteroatoms. The van der Waals surface area contributed by atoms with Crippen LogP contribution in [0.15, 0.2) is 11.1 Å². The van der Waals surface area contributed by atoms with Crippen LogP contribution < -0.4 is 11.3 Å². The van der Waals surface area contributed by atoms with E-state index in [9.17, 15) is 4.79 Å². The SMILES string of the molecule is Cc1nnc(Cn2cnc(Cl)c(N)c2=O)n1C. The van der Waals surface area contributed by atoms with Crippen LogP contribution in [-0.2, 0) is 13.6 Å². The highest BCUT2D eigenvalue weighted by atomic mass is 35.5. The van der Waals surface area contributed by atoms with Gasteiger partial charge in [-0.1, -0.05) is 11.6 Å². The molecule has 2 aromatic heterocycles. The fourth-order valence-electron chi connectivity index (χ4n) is 1.34. The Bertz CT molecular complexity index is 616. The van der Waals surface area contributed by atoms with E-state index >= 15 is 0 Å². The molecule has 0 atom stereocenters. The average Bonchev–Trinajstić information content (AvgIpc) is 2.62. The van der Waals surface area contributed by atoms with E-state index in [4.69, 9.17) is 17.3 Å². The molecule has 0 aromatic carbocycles. The zero-order chi connectivity index (χ0) is 12.6. The van der Waals surface area contributed by atoms with Crippen LogP contribution in [0.3, 0.4) is 0 Å². The molecule has 0 unspecified atom stereocenters. The third-order valence-corrected chi connectivity index (χ3v) is 2.82. The zero-order valence-corrected chi connectivity index (χ0v) is 10.1. The van der Waals surface area contributed by atoms with Gasteiger partial charge in [-0.2, -0.15) is 0 Å². The van der Waals surface area contributed by atoms with Crippen LogP contribution in [-0.4, -0.2) is 24.3 Å². The zero-order valence-electron chi connectivity index (χ0n) is 9.38. The van der Waals surface area contributed by atoms with Crippen molar-refractivity contribution in [1.82, 2.24) is 24.3 Å². The van der Waals surface area contributed by atoms with Gasteiger partial charge in [0.15, 0.2) is 11.0 Å². The lowest BCUT2D eigenvalue weighted by atomic mass is 10.5. The van der Waals surface area contributed by atoms with Gasteiger partial charge >= 0.3 is 0 Å². The minimum absolute atomic E-state index is 0.0143. The second kappa shape index (κ2) is 4.17. The number of rotatable bonds is 2. The molecule has 2 aromatic rings. The topological polar surface area (TPSA) is 91.6 Å². The molecular weight excluding hydrogens is 244 g/mol. The van der Waals surface area contributed by atoms with Crippen LogP contribution in [0.5, 0.6) is 0 Å². The Hall–Kier alpha value is -1.89. The van der Waals surface area contributed by atoms with E-state index in [1.165, 1.54) is 10.9 Å². The summed E-state index contributed by atoms with van der Waals surface area (Å²) in [4.78, 5) is 15.6. The van der Waals surface area contributed by atoms with Gasteiger partial charge in [0.1, 0.15) is 11.5 Å². The molecule has 0 aliphatic heterocycles. The van der Waals surface area contributed by atoms with Gasteiger partial charge in [-0.25, -0.2) is 4.98 Å². The van der Waals surface area contributed by atoms with E-state index in [-0.39, 0.29) is 22.9 Å². The minimum atomic E-state index is -0.384. The number of aryl methyl sites for hydroxylation is 1. The molecule has 0 bridgehead atoms. The maximum Gasteiger partial charge on any atom is 0.278 e. The van der Waals surface area contributed by atoms with Gasteiger partial charge < -0.3 is 10.3 Å². The summed E-state index contributed by atoms with van der Waals surface area (Å²) in [7, 11) is 1.82. The molecule has 0 aliphatic carbocycles. The Balaban J connectivity index is 2.41. The third kappa shape index (κ3) is 2.01. The fraction of sp³-hybridized carbons (Fsp3) is 0.333. The van der Waals surface area contributed by atoms with Crippen molar-refractivity contribution >= 4 is 17.3 Å². The van der Waals surface area contributed by atoms with Crippen molar-refractivity contribution in [3.8, 4) is 0 Å². The molecule has 17 heavy (non-hydrogen) atoms. The number of halogens is 1. The number of nitrogens with zero attached hydrogens (tertiary/aromatic N) is 5. The first-order chi connectivity index (χ1) is 8.00. The number of anilines is 1. The molecule has 0 aliphatic rings. The van der Waals surface area contributed by atoms with Crippen molar-refractivity contribution in [2.45, 2.75) is 13.5 Å². The standard InChI is InChI=1S/C9H11ClN6O/c1-5-13-14-6(15(5)2)3-16-4-12-8(10)7(11)9(16)17/h4H,3,11H2,1-2H3. The van der Waals surface area contributed by atoms with E-state index in [0.29, 0.717) is 5.82 Å². The molecule has 7 nitrogen and oxygen atoms in total. The van der Waals surface area contributed by atoms with Crippen LogP contribution in [0.1, 0.15) is 11.6 Å². The van der Waals surface area contributed by atoms with Gasteiger partial charge in [0.05, 0.1) is 12.9 Å². The van der Waals surface area contributed by atoms with Crippen molar-refractivity contribution in [3.05, 3.63) is 33.5 Å². The van der Waals surface area contributed by atoms with E-state index in [1.807, 2.05) is 14.0 Å². The Morgan fingerprint density at radius 3 is 2.76 bits per heavy atom. The maximum absolute atomic E-state index is 11.8. The van der Waals surface area contributed by atoms with E-state index in [2.05, 4.69) is 15.2 Å². The predicted molar refractivity (Wildman–Crippen MR) is 62.8 cm³/mol. The molecular formula is C9H11ClN6O. The average molecular weight is 255 g/mol. The molecule has 0 radical (unpaired) electrons. The summed E-state index contributed by atoms with van der Waals surface area (Å²) in [5.41, 5.74) is 5.06. The lowest BCUT2D eigenvalue weighted by molar-refractivity contribution is 0.662. The highest BCUT2D eigenvalue weighted by Gasteiger charge is 2.10. The highest BCUT2D eigenvalue weighted by Crippen LogP contribution is 2.08. The van der Waals surface area contributed by atoms with Gasteiger partial charge in [0.25, 0.3) is 5.56 Å². The van der Waals surface area contributed by atoms with Gasteiger partial charge in [-0.3, -0.25) is 9.36 Å². The van der Waals surface area contributed by atoms with Gasteiger partial charge in [-0.15, -0.1) is 10.2 Å². The maximum atomic E-state index is 11.8. The molecule has 0 amide bonds. The Labute approximate surface area is 102 Å². The second-order valence-corrected chi connectivity index (χ2v) is 3.96. The van der Waals surface area contributed by atoms with Gasteiger partial charge in [0, 0.05) is 7.05 Å². The van der Waals surface area contributed by atoms with Crippen LogP contribution in [0.4, 0.5) is 5.69 Å². The van der Waals surface area contributed by atoms with Crippen LogP contribution in [0, 0.1) is 6.92 Å². The molecule has 90 valence electrons. The number of aromatic nitrogens is 5. The Kier molecular flexibility index (Phi) is 2.84. The largest absolute Gasteiger partial charge is 0.392 e. The lowest BCUT2D eigenvalue weighted by Crippen LogP contribution is -2.25. The summed E-state index contributed by atoms with van der Waals surface area (Å²) in [6.07, 6.45) is 1.34. The van der Waals surface area contributed by atoms with Gasteiger partial charge in [-0.05, 0) is 6.92 Å². The van der Waals surface area contributed by atoms with Crippen molar-refractivity contribution in [2.24, 2.45) is 7.05 Å². The molecule has 0 saturated heterocycles. The second-order valence-electron chi connectivity index (χ2n) is 3.60. The molecule has 2 N–H and O–H groups in total. The number of hydrogen-bond acceptors (Lipinski definition) is 5. The third-order valence-electron chi connectivity index (χ3n) is 2.52. The lowest BCUT2D eigenvalue weighted by Gasteiger charge is -2.06. The first-order valence-electron chi connectivity index (χ1n) is 4.86. The van der Waals surface area contributed by atoms with Crippen LogP contribution >= 0.6 is 11.6 Å². The quantitative estimate of drug-likeness (QED) is 0.760. The Morgan fingerprint density at radius 2 is 2.18 bits per heavy atom. The molecule has 2 heterocycles. The number of nitrogens with two attached hydrogens (primary N) is 1. The number of hydrogen-bond donors (Lipinski definition) is 1. The minimum Gasteiger partial charge on any atom is -0.392 e. The van der Waals surface area contributed by atoms with E-state index in [0.717, 1.165) is 5.82 Å². The van der Waals surface area contributed by atoms with Crippen molar-refractivity contribution in [1.29, 1.82) is 0 Å². The first kappa shape index (κ1) is 11.6. The van der Waals surface area contributed by atoms with Gasteiger partial charge in [0.2, 0.25) is 0 Å². The van der Waals surface area contributed by atoms with Crippen LogP contribution in [0.25, 0.3) is 0 Å². The normalized spacial score (nSPS) is 10.8. The van der Waals surface area contributed by atoms with E-state index in [1.54, 1.807) is 4.57 Å². The summed E-state index contributed by atoms with van der Waals surface area (Å²) < 4.78 is 3.13. The smallest absolute Gasteiger partial charge is 0.278 e. The molecule has 2 rings (SSSR count). The summed E-state index contributed by atoms with van der Waals surface area (Å²) in [6.45, 7) is 2.08. The monoisotopic (exact) mass is 254 g/mol. The van der Waals surface area contributed by atoms with Crippen molar-refractivity contribution in [2.75, 3.05) is 5.73 Å². The van der Waals surface area contributed by atoms with Crippen LogP contribution in [0.2, 0.25) is 5.15 Å². The molecule has 0 fully saturated rings. The fourth-order valence-corrected chi connectivity index (χ4v) is 1.46. The summed E-state index contributed by atoms with van der Waals surface area (Å²) in [5.74, 6) is 1.41. The summed E-state index contributed by atoms with van der Waals surface area (Å²) in [5, 5.41) is 7.87. The summed E-state index contributed by atoms with van der Waals surface area (Å²) in [6, 6.07) is 0. The highest BCUT2D eigenvalue weighted by molar-refractivity contribution is 6.31. The summed E-state index contributed by atoms with van der Waals surface area (Å²) >= 11 is 5.64. The number of nitrogen functional groups attached to an aromatic ring is 1. The first-order valence-corrected chi connectivity index (χ1v) is 5.23.